The molecule has 0 aliphatic rings. The van der Waals surface area contributed by atoms with Crippen LogP contribution in [0.3, 0.4) is 0 Å². The number of aliphatic hydroxyl groups excluding tert-OH is 5. The van der Waals surface area contributed by atoms with Gasteiger partial charge in [-0.25, -0.2) is 4.57 Å². The van der Waals surface area contributed by atoms with E-state index < -0.39 is 38.8 Å². The number of unbranched alkanes of at least 4 members (excludes halogenated alkanes) is 4. The van der Waals surface area contributed by atoms with Crippen molar-refractivity contribution in [3.63, 3.8) is 0 Å². The van der Waals surface area contributed by atoms with E-state index in [0.717, 1.165) is 0 Å². The molecule has 0 aromatic heterocycles. The Morgan fingerprint density at radius 1 is 0.852 bits per heavy atom. The van der Waals surface area contributed by atoms with Gasteiger partial charge in [-0.1, -0.05) is 46.0 Å². The van der Waals surface area contributed by atoms with Crippen LogP contribution in [0.2, 0.25) is 0 Å². The van der Waals surface area contributed by atoms with E-state index in [1.807, 2.05) is 0 Å². The highest BCUT2D eigenvalue weighted by molar-refractivity contribution is 7.45. The summed E-state index contributed by atoms with van der Waals surface area (Å²) in [6, 6.07) is 0. The van der Waals surface area contributed by atoms with Gasteiger partial charge in [0.1, 0.15) is 24.4 Å². The minimum absolute atomic E-state index is 0.0258. The lowest BCUT2D eigenvalue weighted by Crippen LogP contribution is -2.46. The molecule has 0 rings (SSSR count). The van der Waals surface area contributed by atoms with Gasteiger partial charge in [-0.2, -0.15) is 0 Å². The first-order valence-electron chi connectivity index (χ1n) is 8.02. The Labute approximate surface area is 158 Å². The molecule has 0 heterocycles. The SMILES string of the molecule is CCCCCCC.O=CC(O)C(O)C(O)C(O)CO.O=CO.O=P(O)(O)O. The topological polar surface area (TPSA) is 233 Å². The molecule has 9 N–H and O–H groups in total. The van der Waals surface area contributed by atoms with Gasteiger partial charge in [-0.15, -0.1) is 0 Å². The lowest BCUT2D eigenvalue weighted by atomic mass is 10.0. The lowest BCUT2D eigenvalue weighted by Gasteiger charge is -2.22. The van der Waals surface area contributed by atoms with Crippen LogP contribution in [0.25, 0.3) is 0 Å². The van der Waals surface area contributed by atoms with Crippen molar-refractivity contribution in [2.75, 3.05) is 6.61 Å². The number of rotatable bonds is 9. The summed E-state index contributed by atoms with van der Waals surface area (Å²) < 4.78 is 8.88. The summed E-state index contributed by atoms with van der Waals surface area (Å²) in [5.74, 6) is 0. The summed E-state index contributed by atoms with van der Waals surface area (Å²) in [7, 11) is -4.64. The van der Waals surface area contributed by atoms with E-state index in [1.54, 1.807) is 0 Å². The van der Waals surface area contributed by atoms with Crippen LogP contribution in [-0.2, 0) is 14.2 Å². The molecule has 0 saturated carbocycles. The number of hydrogen-bond donors (Lipinski definition) is 9. The maximum atomic E-state index is 9.90. The highest BCUT2D eigenvalue weighted by Gasteiger charge is 2.29. The van der Waals surface area contributed by atoms with Crippen LogP contribution in [0.4, 0.5) is 0 Å². The third kappa shape index (κ3) is 36.7. The average Bonchev–Trinajstić information content (AvgIpc) is 2.59. The second-order valence-electron chi connectivity index (χ2n) is 5.04. The molecule has 4 atom stereocenters. The fraction of sp³-hybridized carbons (Fsp3) is 0.857. The van der Waals surface area contributed by atoms with Crippen LogP contribution in [0.5, 0.6) is 0 Å². The molecule has 0 spiro atoms. The molecule has 0 aliphatic heterocycles. The van der Waals surface area contributed by atoms with Gasteiger partial charge in [0.05, 0.1) is 6.61 Å². The highest BCUT2D eigenvalue weighted by Crippen LogP contribution is 2.25. The number of hydrogen-bond acceptors (Lipinski definition) is 8. The molecule has 0 saturated heterocycles. The Balaban J connectivity index is -0.000000149. The van der Waals surface area contributed by atoms with Gasteiger partial charge in [0.25, 0.3) is 6.47 Å². The van der Waals surface area contributed by atoms with Gasteiger partial charge in [-0.3, -0.25) is 4.79 Å². The average molecular weight is 424 g/mol. The normalized spacial score (nSPS) is 14.4. The van der Waals surface area contributed by atoms with Gasteiger partial charge < -0.3 is 50.1 Å². The number of phosphoric acid groups is 1. The van der Waals surface area contributed by atoms with Crippen molar-refractivity contribution in [2.24, 2.45) is 0 Å². The highest BCUT2D eigenvalue weighted by atomic mass is 31.2. The zero-order valence-corrected chi connectivity index (χ0v) is 16.3. The largest absolute Gasteiger partial charge is 0.483 e. The zero-order chi connectivity index (χ0) is 22.5. The first kappa shape index (κ1) is 33.6. The summed E-state index contributed by atoms with van der Waals surface area (Å²) in [5, 5.41) is 50.4. The third-order valence-electron chi connectivity index (χ3n) is 2.63. The lowest BCUT2D eigenvalue weighted by molar-refractivity contribution is -0.136. The summed E-state index contributed by atoms with van der Waals surface area (Å²) in [6.45, 7) is 3.48. The zero-order valence-electron chi connectivity index (χ0n) is 15.4. The molecule has 0 aromatic carbocycles. The first-order valence-corrected chi connectivity index (χ1v) is 9.58. The van der Waals surface area contributed by atoms with Crippen molar-refractivity contribution in [1.29, 1.82) is 0 Å². The Morgan fingerprint density at radius 2 is 1.19 bits per heavy atom. The predicted octanol–water partition coefficient (Wildman–Crippen LogP) is -1.63. The van der Waals surface area contributed by atoms with E-state index in [-0.39, 0.29) is 12.8 Å². The predicted molar refractivity (Wildman–Crippen MR) is 94.6 cm³/mol. The summed E-state index contributed by atoms with van der Waals surface area (Å²) in [6.07, 6.45) is 0.169. The summed E-state index contributed by atoms with van der Waals surface area (Å²) in [4.78, 5) is 39.8. The van der Waals surface area contributed by atoms with Crippen LogP contribution in [0.1, 0.15) is 46.0 Å². The molecule has 27 heavy (non-hydrogen) atoms. The fourth-order valence-electron chi connectivity index (χ4n) is 1.29. The molecule has 0 bridgehead atoms. The van der Waals surface area contributed by atoms with Gasteiger partial charge >= 0.3 is 7.82 Å². The van der Waals surface area contributed by atoms with Gasteiger partial charge in [0.15, 0.2) is 6.29 Å². The molecular weight excluding hydrogens is 391 g/mol. The van der Waals surface area contributed by atoms with Crippen LogP contribution >= 0.6 is 7.82 Å². The van der Waals surface area contributed by atoms with E-state index in [2.05, 4.69) is 13.8 Å². The summed E-state index contributed by atoms with van der Waals surface area (Å²) in [5.41, 5.74) is 0. The molecule has 0 amide bonds. The van der Waals surface area contributed by atoms with E-state index in [9.17, 15) is 4.79 Å². The van der Waals surface area contributed by atoms with Crippen LogP contribution < -0.4 is 0 Å². The number of carbonyl (C=O) groups is 2. The van der Waals surface area contributed by atoms with Crippen LogP contribution in [-0.4, -0.2) is 89.1 Å². The Morgan fingerprint density at radius 3 is 1.41 bits per heavy atom. The van der Waals surface area contributed by atoms with Crippen molar-refractivity contribution in [1.82, 2.24) is 0 Å². The minimum atomic E-state index is -4.64. The molecule has 166 valence electrons. The van der Waals surface area contributed by atoms with E-state index in [4.69, 9.17) is 54.7 Å². The monoisotopic (exact) mass is 424 g/mol. The van der Waals surface area contributed by atoms with Gasteiger partial charge in [0, 0.05) is 0 Å². The molecule has 4 unspecified atom stereocenters. The van der Waals surface area contributed by atoms with Crippen molar-refractivity contribution < 1.29 is 59.5 Å². The van der Waals surface area contributed by atoms with Crippen molar-refractivity contribution in [3.05, 3.63) is 0 Å². The first-order chi connectivity index (χ1) is 12.4. The minimum Gasteiger partial charge on any atom is -0.483 e. The Bertz CT molecular complexity index is 350. The molecule has 0 radical (unpaired) electrons. The van der Waals surface area contributed by atoms with E-state index in [1.165, 1.54) is 32.1 Å². The quantitative estimate of drug-likeness (QED) is 0.115. The van der Waals surface area contributed by atoms with E-state index in [0.29, 0.717) is 0 Å². The molecule has 12 nitrogen and oxygen atoms in total. The van der Waals surface area contributed by atoms with Gasteiger partial charge in [-0.05, 0) is 0 Å². The molecule has 0 aliphatic carbocycles. The maximum absolute atomic E-state index is 9.90. The molecule has 13 heteroatoms. The molecule has 0 aromatic rings. The van der Waals surface area contributed by atoms with Crippen molar-refractivity contribution in [3.8, 4) is 0 Å². The second kappa shape index (κ2) is 23.1. The fourth-order valence-corrected chi connectivity index (χ4v) is 1.29. The van der Waals surface area contributed by atoms with Gasteiger partial charge in [0.2, 0.25) is 0 Å². The smallest absolute Gasteiger partial charge is 0.466 e. The third-order valence-corrected chi connectivity index (χ3v) is 2.63. The van der Waals surface area contributed by atoms with E-state index >= 15 is 0 Å². The number of carbonyl (C=O) groups excluding carboxylic acids is 1. The maximum Gasteiger partial charge on any atom is 0.466 e. The van der Waals surface area contributed by atoms with Crippen molar-refractivity contribution >= 4 is 20.6 Å². The second-order valence-corrected chi connectivity index (χ2v) is 6.06. The molecule has 0 fully saturated rings. The number of aldehydes is 1. The Hall–Kier alpha value is -0.950. The standard InChI is InChI=1S/C7H16.C6H12O6.CH2O2.H3O4P/c1-3-5-7-6-4-2;7-1-3(9)5(11)6(12)4(10)2-8;2-1-3;1-5(2,3)4/h3-7H2,1-2H3;1,3-6,8-12H,2H2;1H,(H,2,3);(H3,1,2,3,4). The number of aliphatic hydroxyl groups is 5. The molecular formula is C14H33O12P. The number of carboxylic acid groups (broad SMARTS) is 1. The summed E-state index contributed by atoms with van der Waals surface area (Å²) >= 11 is 0. The van der Waals surface area contributed by atoms with Crippen LogP contribution in [0, 0.1) is 0 Å². The Kier molecular flexibility index (Phi) is 28.8. The van der Waals surface area contributed by atoms with Crippen molar-refractivity contribution in [2.45, 2.75) is 70.4 Å². The van der Waals surface area contributed by atoms with Crippen LogP contribution in [0.15, 0.2) is 0 Å².